The SMILES string of the molecule is COC(Cl)C(=O)Nc1cc2c(Nc3cccc(Br)c3)ncnc2cc1OCCCN1CCOCC1. The van der Waals surface area contributed by atoms with Crippen LogP contribution in [0.2, 0.25) is 0 Å². The monoisotopic (exact) mass is 563 g/mol. The molecule has 0 aliphatic carbocycles. The lowest BCUT2D eigenvalue weighted by atomic mass is 10.1. The van der Waals surface area contributed by atoms with Gasteiger partial charge in [-0.3, -0.25) is 9.69 Å². The average molecular weight is 565 g/mol. The van der Waals surface area contributed by atoms with Crippen LogP contribution in [-0.4, -0.2) is 72.9 Å². The third kappa shape index (κ3) is 7.02. The van der Waals surface area contributed by atoms with Gasteiger partial charge in [-0.1, -0.05) is 33.6 Å². The summed E-state index contributed by atoms with van der Waals surface area (Å²) >= 11 is 9.45. The van der Waals surface area contributed by atoms with Gasteiger partial charge in [-0.15, -0.1) is 0 Å². The van der Waals surface area contributed by atoms with Crippen LogP contribution in [0.3, 0.4) is 0 Å². The number of anilines is 3. The topological polar surface area (TPSA) is 97.8 Å². The lowest BCUT2D eigenvalue weighted by Gasteiger charge is -2.26. The lowest BCUT2D eigenvalue weighted by molar-refractivity contribution is -0.121. The van der Waals surface area contributed by atoms with E-state index in [2.05, 4.69) is 41.4 Å². The molecular formula is C24H27BrClN5O4. The average Bonchev–Trinajstić information content (AvgIpc) is 2.87. The first-order chi connectivity index (χ1) is 17.0. The molecule has 1 aliphatic heterocycles. The van der Waals surface area contributed by atoms with Crippen LogP contribution in [0.5, 0.6) is 5.75 Å². The van der Waals surface area contributed by atoms with E-state index in [0.717, 1.165) is 49.4 Å². The number of carbonyl (C=O) groups excluding carboxylic acids is 1. The van der Waals surface area contributed by atoms with Crippen molar-refractivity contribution in [2.45, 2.75) is 12.0 Å². The Morgan fingerprint density at radius 3 is 2.86 bits per heavy atom. The van der Waals surface area contributed by atoms with Crippen LogP contribution < -0.4 is 15.4 Å². The Morgan fingerprint density at radius 1 is 1.26 bits per heavy atom. The molecular weight excluding hydrogens is 538 g/mol. The van der Waals surface area contributed by atoms with E-state index in [1.54, 1.807) is 12.1 Å². The molecule has 1 fully saturated rings. The minimum atomic E-state index is -1.13. The highest BCUT2D eigenvalue weighted by molar-refractivity contribution is 9.10. The normalized spacial score (nSPS) is 15.1. The van der Waals surface area contributed by atoms with Gasteiger partial charge in [0.15, 0.2) is 0 Å². The molecule has 11 heteroatoms. The summed E-state index contributed by atoms with van der Waals surface area (Å²) in [7, 11) is 1.37. The minimum Gasteiger partial charge on any atom is -0.491 e. The molecule has 0 saturated carbocycles. The smallest absolute Gasteiger partial charge is 0.269 e. The van der Waals surface area contributed by atoms with Gasteiger partial charge in [0.2, 0.25) is 5.56 Å². The molecule has 4 rings (SSSR count). The van der Waals surface area contributed by atoms with E-state index in [-0.39, 0.29) is 0 Å². The number of methoxy groups -OCH3 is 1. The molecule has 1 aromatic heterocycles. The van der Waals surface area contributed by atoms with Crippen LogP contribution >= 0.6 is 27.5 Å². The standard InChI is InChI=1S/C24H27BrClN5O4/c1-33-22(26)24(32)30-20-13-18-19(14-21(20)35-9-3-6-31-7-10-34-11-8-31)27-15-28-23(18)29-17-5-2-4-16(25)12-17/h2,4-5,12-15,22H,3,6-11H2,1H3,(H,30,32)(H,27,28,29). The number of alkyl halides is 1. The highest BCUT2D eigenvalue weighted by atomic mass is 79.9. The summed E-state index contributed by atoms with van der Waals surface area (Å²) in [6, 6.07) is 11.3. The quantitative estimate of drug-likeness (QED) is 0.277. The van der Waals surface area contributed by atoms with Crippen molar-refractivity contribution in [2.24, 2.45) is 0 Å². The third-order valence-corrected chi connectivity index (χ3v) is 6.34. The maximum atomic E-state index is 12.5. The number of rotatable bonds is 10. The molecule has 1 amide bonds. The van der Waals surface area contributed by atoms with Crippen molar-refractivity contribution in [3.63, 3.8) is 0 Å². The van der Waals surface area contributed by atoms with Gasteiger partial charge in [-0.25, -0.2) is 9.97 Å². The summed E-state index contributed by atoms with van der Waals surface area (Å²) in [6.07, 6.45) is 2.32. The van der Waals surface area contributed by atoms with E-state index in [4.69, 9.17) is 25.8 Å². The Labute approximate surface area is 217 Å². The molecule has 186 valence electrons. The Morgan fingerprint density at radius 2 is 2.09 bits per heavy atom. The van der Waals surface area contributed by atoms with Crippen LogP contribution in [0.15, 0.2) is 47.2 Å². The predicted molar refractivity (Wildman–Crippen MR) is 140 cm³/mol. The maximum absolute atomic E-state index is 12.5. The van der Waals surface area contributed by atoms with Crippen LogP contribution in [-0.2, 0) is 14.3 Å². The molecule has 2 N–H and O–H groups in total. The van der Waals surface area contributed by atoms with Crippen molar-refractivity contribution in [1.29, 1.82) is 0 Å². The van der Waals surface area contributed by atoms with Crippen molar-refractivity contribution in [2.75, 3.05) is 57.2 Å². The number of halogens is 2. The number of nitrogens with zero attached hydrogens (tertiary/aromatic N) is 3. The van der Waals surface area contributed by atoms with E-state index in [1.165, 1.54) is 13.4 Å². The molecule has 1 saturated heterocycles. The van der Waals surface area contributed by atoms with Crippen molar-refractivity contribution in [3.8, 4) is 5.75 Å². The summed E-state index contributed by atoms with van der Waals surface area (Å²) in [6.45, 7) is 4.77. The predicted octanol–water partition coefficient (Wildman–Crippen LogP) is 4.39. The molecule has 0 radical (unpaired) electrons. The van der Waals surface area contributed by atoms with Crippen molar-refractivity contribution in [3.05, 3.63) is 47.2 Å². The van der Waals surface area contributed by atoms with Gasteiger partial charge < -0.3 is 24.8 Å². The van der Waals surface area contributed by atoms with Gasteiger partial charge in [0.25, 0.3) is 5.91 Å². The third-order valence-electron chi connectivity index (χ3n) is 5.47. The fraction of sp³-hybridized carbons (Fsp3) is 0.375. The number of fused-ring (bicyclic) bond motifs is 1. The second-order valence-electron chi connectivity index (χ2n) is 7.92. The molecule has 3 aromatic rings. The maximum Gasteiger partial charge on any atom is 0.269 e. The van der Waals surface area contributed by atoms with Crippen molar-refractivity contribution < 1.29 is 19.0 Å². The lowest BCUT2D eigenvalue weighted by Crippen LogP contribution is -2.37. The van der Waals surface area contributed by atoms with Gasteiger partial charge in [-0.05, 0) is 30.7 Å². The molecule has 0 bridgehead atoms. The Bertz CT molecular complexity index is 1160. The number of hydrogen-bond donors (Lipinski definition) is 2. The molecule has 2 heterocycles. The Kier molecular flexibility index (Phi) is 9.11. The molecule has 35 heavy (non-hydrogen) atoms. The number of morpholine rings is 1. The first-order valence-corrected chi connectivity index (χ1v) is 12.5. The largest absolute Gasteiger partial charge is 0.491 e. The van der Waals surface area contributed by atoms with E-state index in [1.807, 2.05) is 24.3 Å². The van der Waals surface area contributed by atoms with Crippen LogP contribution in [0.25, 0.3) is 10.9 Å². The van der Waals surface area contributed by atoms with Crippen LogP contribution in [0, 0.1) is 0 Å². The second kappa shape index (κ2) is 12.5. The fourth-order valence-electron chi connectivity index (χ4n) is 3.70. The summed E-state index contributed by atoms with van der Waals surface area (Å²) in [5.74, 6) is 0.599. The number of carbonyl (C=O) groups is 1. The van der Waals surface area contributed by atoms with Crippen LogP contribution in [0.1, 0.15) is 6.42 Å². The summed E-state index contributed by atoms with van der Waals surface area (Å²) in [5, 5.41) is 6.83. The highest BCUT2D eigenvalue weighted by Gasteiger charge is 2.19. The van der Waals surface area contributed by atoms with E-state index >= 15 is 0 Å². The number of amides is 1. The minimum absolute atomic E-state index is 0.462. The molecule has 0 spiro atoms. The number of ether oxygens (including phenoxy) is 3. The van der Waals surface area contributed by atoms with E-state index < -0.39 is 11.5 Å². The van der Waals surface area contributed by atoms with Gasteiger partial charge >= 0.3 is 0 Å². The summed E-state index contributed by atoms with van der Waals surface area (Å²) in [4.78, 5) is 23.6. The van der Waals surface area contributed by atoms with Crippen LogP contribution in [0.4, 0.5) is 17.2 Å². The fourth-order valence-corrected chi connectivity index (χ4v) is 4.15. The van der Waals surface area contributed by atoms with Gasteiger partial charge in [0.05, 0.1) is 31.0 Å². The Balaban J connectivity index is 1.57. The Hall–Kier alpha value is -2.50. The van der Waals surface area contributed by atoms with Gasteiger partial charge in [-0.2, -0.15) is 0 Å². The van der Waals surface area contributed by atoms with Crippen molar-refractivity contribution in [1.82, 2.24) is 14.9 Å². The van der Waals surface area contributed by atoms with Gasteiger partial charge in [0.1, 0.15) is 17.9 Å². The first-order valence-electron chi connectivity index (χ1n) is 11.3. The molecule has 1 unspecified atom stereocenters. The molecule has 9 nitrogen and oxygen atoms in total. The summed E-state index contributed by atoms with van der Waals surface area (Å²) < 4.78 is 17.4. The summed E-state index contributed by atoms with van der Waals surface area (Å²) in [5.41, 5.74) is 0.858. The van der Waals surface area contributed by atoms with Crippen molar-refractivity contribution >= 4 is 61.5 Å². The number of aromatic nitrogens is 2. The number of hydrogen-bond acceptors (Lipinski definition) is 8. The molecule has 1 atom stereocenters. The number of nitrogens with one attached hydrogen (secondary N) is 2. The zero-order valence-corrected chi connectivity index (χ0v) is 21.6. The second-order valence-corrected chi connectivity index (χ2v) is 9.23. The van der Waals surface area contributed by atoms with E-state index in [0.29, 0.717) is 34.8 Å². The number of benzene rings is 2. The zero-order valence-electron chi connectivity index (χ0n) is 19.3. The molecule has 2 aromatic carbocycles. The zero-order chi connectivity index (χ0) is 24.6. The first kappa shape index (κ1) is 25.6. The van der Waals surface area contributed by atoms with Gasteiger partial charge in [0, 0.05) is 48.4 Å². The highest BCUT2D eigenvalue weighted by Crippen LogP contribution is 2.34. The van der Waals surface area contributed by atoms with E-state index in [9.17, 15) is 4.79 Å². The molecule has 1 aliphatic rings.